The van der Waals surface area contributed by atoms with E-state index in [0.29, 0.717) is 6.54 Å². The van der Waals surface area contributed by atoms with Crippen LogP contribution in [0.5, 0.6) is 0 Å². The maximum atomic E-state index is 11.8. The zero-order valence-corrected chi connectivity index (χ0v) is 9.88. The summed E-state index contributed by atoms with van der Waals surface area (Å²) < 4.78 is 0. The Morgan fingerprint density at radius 2 is 2.40 bits per heavy atom. The van der Waals surface area contributed by atoms with Gasteiger partial charge in [-0.25, -0.2) is 0 Å². The molecule has 1 amide bonds. The van der Waals surface area contributed by atoms with Crippen LogP contribution in [0.4, 0.5) is 0 Å². The highest BCUT2D eigenvalue weighted by atomic mass is 32.1. The molecule has 1 heterocycles. The highest BCUT2D eigenvalue weighted by molar-refractivity contribution is 7.10. The average Bonchev–Trinajstić information content (AvgIpc) is 2.67. The van der Waals surface area contributed by atoms with Gasteiger partial charge in [0.1, 0.15) is 6.04 Å². The molecule has 3 nitrogen and oxygen atoms in total. The minimum absolute atomic E-state index is 0.0690. The number of nitrogens with zero attached hydrogens (tertiary/aromatic N) is 1. The number of nitrogens with two attached hydrogens (primary N) is 1. The smallest absolute Gasteiger partial charge is 0.244 e. The topological polar surface area (TPSA) is 46.3 Å². The zero-order valence-electron chi connectivity index (χ0n) is 9.06. The molecule has 2 N–H and O–H groups in total. The van der Waals surface area contributed by atoms with Gasteiger partial charge >= 0.3 is 0 Å². The number of likely N-dealkylation sites (N-methyl/N-ethyl adjacent to an activating group) is 1. The standard InChI is InChI=1S/C11H16N2OS/c1-8(2)7-13(3)11(14)10(12)9-5-4-6-15-9/h4-6,10H,1,7,12H2,2-3H3. The maximum Gasteiger partial charge on any atom is 0.244 e. The molecule has 1 rings (SSSR count). The number of rotatable bonds is 4. The Hall–Kier alpha value is -1.13. The molecule has 1 aromatic rings. The molecule has 0 aliphatic carbocycles. The number of hydrogen-bond donors (Lipinski definition) is 1. The number of hydrogen-bond acceptors (Lipinski definition) is 3. The van der Waals surface area contributed by atoms with E-state index in [2.05, 4.69) is 6.58 Å². The monoisotopic (exact) mass is 224 g/mol. The molecule has 0 aliphatic heterocycles. The summed E-state index contributed by atoms with van der Waals surface area (Å²) >= 11 is 1.50. The number of carbonyl (C=O) groups excluding carboxylic acids is 1. The molecule has 0 saturated heterocycles. The Kier molecular flexibility index (Phi) is 4.05. The van der Waals surface area contributed by atoms with Crippen LogP contribution in [-0.4, -0.2) is 24.4 Å². The molecule has 0 aliphatic rings. The van der Waals surface area contributed by atoms with Gasteiger partial charge in [0.25, 0.3) is 0 Å². The first-order valence-electron chi connectivity index (χ1n) is 4.70. The van der Waals surface area contributed by atoms with Crippen LogP contribution < -0.4 is 5.73 Å². The van der Waals surface area contributed by atoms with E-state index in [4.69, 9.17) is 5.73 Å². The summed E-state index contributed by atoms with van der Waals surface area (Å²) in [7, 11) is 1.74. The molecule has 0 saturated carbocycles. The van der Waals surface area contributed by atoms with Crippen molar-refractivity contribution < 1.29 is 4.79 Å². The summed E-state index contributed by atoms with van der Waals surface area (Å²) in [5.74, 6) is -0.0690. The van der Waals surface area contributed by atoms with Crippen LogP contribution in [0.1, 0.15) is 17.8 Å². The summed E-state index contributed by atoms with van der Waals surface area (Å²) in [5, 5.41) is 1.92. The lowest BCUT2D eigenvalue weighted by Crippen LogP contribution is -2.36. The van der Waals surface area contributed by atoms with Crippen molar-refractivity contribution in [3.8, 4) is 0 Å². The fourth-order valence-corrected chi connectivity index (χ4v) is 2.03. The van der Waals surface area contributed by atoms with Crippen molar-refractivity contribution in [1.82, 2.24) is 4.90 Å². The van der Waals surface area contributed by atoms with Gasteiger partial charge in [0.05, 0.1) is 0 Å². The molecular formula is C11H16N2OS. The van der Waals surface area contributed by atoms with E-state index in [9.17, 15) is 4.79 Å². The molecule has 15 heavy (non-hydrogen) atoms. The van der Waals surface area contributed by atoms with E-state index < -0.39 is 6.04 Å². The SMILES string of the molecule is C=C(C)CN(C)C(=O)C(N)c1cccs1. The van der Waals surface area contributed by atoms with Gasteiger partial charge in [0, 0.05) is 18.5 Å². The van der Waals surface area contributed by atoms with E-state index >= 15 is 0 Å². The third kappa shape index (κ3) is 3.18. The van der Waals surface area contributed by atoms with E-state index in [1.165, 1.54) is 11.3 Å². The Labute approximate surface area is 94.2 Å². The van der Waals surface area contributed by atoms with E-state index in [-0.39, 0.29) is 5.91 Å². The molecule has 0 aromatic carbocycles. The minimum atomic E-state index is -0.547. The van der Waals surface area contributed by atoms with Gasteiger partial charge < -0.3 is 10.6 Å². The van der Waals surface area contributed by atoms with Gasteiger partial charge in [0.15, 0.2) is 0 Å². The van der Waals surface area contributed by atoms with E-state index in [1.54, 1.807) is 11.9 Å². The second-order valence-corrected chi connectivity index (χ2v) is 4.62. The highest BCUT2D eigenvalue weighted by Crippen LogP contribution is 2.18. The lowest BCUT2D eigenvalue weighted by molar-refractivity contribution is -0.130. The number of carbonyl (C=O) groups is 1. The van der Waals surface area contributed by atoms with Crippen molar-refractivity contribution in [2.75, 3.05) is 13.6 Å². The Bertz CT molecular complexity index is 345. The van der Waals surface area contributed by atoms with Crippen molar-refractivity contribution in [3.05, 3.63) is 34.5 Å². The third-order valence-electron chi connectivity index (χ3n) is 2.00. The first-order valence-corrected chi connectivity index (χ1v) is 5.58. The quantitative estimate of drug-likeness (QED) is 0.792. The molecule has 1 atom stereocenters. The molecule has 82 valence electrons. The van der Waals surface area contributed by atoms with Crippen molar-refractivity contribution in [2.45, 2.75) is 13.0 Å². The average molecular weight is 224 g/mol. The van der Waals surface area contributed by atoms with Crippen LogP contribution in [0.2, 0.25) is 0 Å². The van der Waals surface area contributed by atoms with Crippen LogP contribution >= 0.6 is 11.3 Å². The summed E-state index contributed by atoms with van der Waals surface area (Å²) in [6.07, 6.45) is 0. The molecule has 0 bridgehead atoms. The summed E-state index contributed by atoms with van der Waals surface area (Å²) in [6, 6.07) is 3.22. The van der Waals surface area contributed by atoms with Crippen molar-refractivity contribution in [2.24, 2.45) is 5.73 Å². The third-order valence-corrected chi connectivity index (χ3v) is 2.95. The molecule has 1 unspecified atom stereocenters. The maximum absolute atomic E-state index is 11.8. The first kappa shape index (κ1) is 11.9. The van der Waals surface area contributed by atoms with Crippen molar-refractivity contribution >= 4 is 17.2 Å². The molecule has 0 fully saturated rings. The normalized spacial score (nSPS) is 12.2. The van der Waals surface area contributed by atoms with Crippen LogP contribution in [0.3, 0.4) is 0 Å². The van der Waals surface area contributed by atoms with Gasteiger partial charge in [-0.05, 0) is 18.4 Å². The lowest BCUT2D eigenvalue weighted by Gasteiger charge is -2.20. The Morgan fingerprint density at radius 1 is 1.73 bits per heavy atom. The molecule has 0 spiro atoms. The van der Waals surface area contributed by atoms with Crippen LogP contribution in [0, 0.1) is 0 Å². The second-order valence-electron chi connectivity index (χ2n) is 3.64. The van der Waals surface area contributed by atoms with E-state index in [0.717, 1.165) is 10.5 Å². The fraction of sp³-hybridized carbons (Fsp3) is 0.364. The predicted octanol–water partition coefficient (Wildman–Crippen LogP) is 1.78. The summed E-state index contributed by atoms with van der Waals surface area (Å²) in [6.45, 7) is 6.21. The van der Waals surface area contributed by atoms with Crippen LogP contribution in [0.25, 0.3) is 0 Å². The van der Waals surface area contributed by atoms with Gasteiger partial charge in [0.2, 0.25) is 5.91 Å². The number of amides is 1. The van der Waals surface area contributed by atoms with Gasteiger partial charge in [-0.3, -0.25) is 4.79 Å². The zero-order chi connectivity index (χ0) is 11.4. The van der Waals surface area contributed by atoms with Gasteiger partial charge in [-0.15, -0.1) is 11.3 Å². The summed E-state index contributed by atoms with van der Waals surface area (Å²) in [5.41, 5.74) is 6.80. The highest BCUT2D eigenvalue weighted by Gasteiger charge is 2.20. The van der Waals surface area contributed by atoms with Crippen molar-refractivity contribution in [3.63, 3.8) is 0 Å². The predicted molar refractivity (Wildman–Crippen MR) is 63.7 cm³/mol. The molecule has 0 radical (unpaired) electrons. The second kappa shape index (κ2) is 5.09. The van der Waals surface area contributed by atoms with Gasteiger partial charge in [-0.2, -0.15) is 0 Å². The van der Waals surface area contributed by atoms with E-state index in [1.807, 2.05) is 24.4 Å². The lowest BCUT2D eigenvalue weighted by atomic mass is 10.2. The largest absolute Gasteiger partial charge is 0.340 e. The molecule has 4 heteroatoms. The fourth-order valence-electron chi connectivity index (χ4n) is 1.31. The van der Waals surface area contributed by atoms with Gasteiger partial charge in [-0.1, -0.05) is 18.2 Å². The number of thiophene rings is 1. The molecular weight excluding hydrogens is 208 g/mol. The first-order chi connectivity index (χ1) is 7.02. The Balaban J connectivity index is 2.64. The van der Waals surface area contributed by atoms with Crippen LogP contribution in [0.15, 0.2) is 29.7 Å². The Morgan fingerprint density at radius 3 is 2.87 bits per heavy atom. The van der Waals surface area contributed by atoms with Crippen LogP contribution in [-0.2, 0) is 4.79 Å². The minimum Gasteiger partial charge on any atom is -0.340 e. The molecule has 1 aromatic heterocycles. The summed E-state index contributed by atoms with van der Waals surface area (Å²) in [4.78, 5) is 14.3. The van der Waals surface area contributed by atoms with Crippen molar-refractivity contribution in [1.29, 1.82) is 0 Å².